The molecule has 33 heavy (non-hydrogen) atoms. The molecule has 1 N–H and O–H groups in total. The van der Waals surface area contributed by atoms with Crippen molar-refractivity contribution in [2.75, 3.05) is 0 Å². The van der Waals surface area contributed by atoms with Gasteiger partial charge >= 0.3 is 5.97 Å². The summed E-state index contributed by atoms with van der Waals surface area (Å²) in [7, 11) is 0. The Morgan fingerprint density at radius 1 is 1.15 bits per heavy atom. The van der Waals surface area contributed by atoms with E-state index in [1.165, 1.54) is 4.88 Å². The summed E-state index contributed by atoms with van der Waals surface area (Å²) >= 11 is 1.57. The summed E-state index contributed by atoms with van der Waals surface area (Å²) in [4.78, 5) is 34.4. The van der Waals surface area contributed by atoms with Crippen LogP contribution in [0.3, 0.4) is 0 Å². The molecule has 1 aliphatic carbocycles. The van der Waals surface area contributed by atoms with Crippen LogP contribution in [0.1, 0.15) is 56.5 Å². The molecule has 9 heteroatoms. The number of nitrogens with one attached hydrogen (secondary N) is 1. The van der Waals surface area contributed by atoms with Gasteiger partial charge in [0.15, 0.2) is 0 Å². The van der Waals surface area contributed by atoms with Crippen LogP contribution in [0, 0.1) is 13.8 Å². The van der Waals surface area contributed by atoms with Crippen LogP contribution in [0.15, 0.2) is 33.6 Å². The zero-order chi connectivity index (χ0) is 22.9. The van der Waals surface area contributed by atoms with Gasteiger partial charge in [0.2, 0.25) is 0 Å². The Labute approximate surface area is 193 Å². The first-order chi connectivity index (χ1) is 16.0. The van der Waals surface area contributed by atoms with Gasteiger partial charge in [0.05, 0.1) is 22.2 Å². The average molecular weight is 466 g/mol. The number of thiophene rings is 1. The molecule has 0 saturated heterocycles. The maximum atomic E-state index is 12.6. The van der Waals surface area contributed by atoms with E-state index in [0.717, 1.165) is 53.1 Å². The number of esters is 1. The highest BCUT2D eigenvalue weighted by Gasteiger charge is 2.20. The molecule has 5 rings (SSSR count). The maximum absolute atomic E-state index is 12.6. The zero-order valence-corrected chi connectivity index (χ0v) is 19.2. The summed E-state index contributed by atoms with van der Waals surface area (Å²) in [6.07, 6.45) is 4.16. The van der Waals surface area contributed by atoms with Gasteiger partial charge in [0.1, 0.15) is 35.4 Å². The molecule has 0 fully saturated rings. The third-order valence-corrected chi connectivity index (χ3v) is 7.05. The topological polar surface area (TPSA) is 107 Å². The molecule has 0 amide bonds. The number of rotatable bonds is 6. The molecule has 0 radical (unpaired) electrons. The van der Waals surface area contributed by atoms with Gasteiger partial charge in [-0.1, -0.05) is 5.16 Å². The van der Waals surface area contributed by atoms with Gasteiger partial charge in [-0.3, -0.25) is 4.79 Å². The lowest BCUT2D eigenvalue weighted by Crippen LogP contribution is -2.15. The largest absolute Gasteiger partial charge is 0.489 e. The number of hydrogen-bond donors (Lipinski definition) is 1. The lowest BCUT2D eigenvalue weighted by atomic mass is 9.97. The average Bonchev–Trinajstić information content (AvgIpc) is 3.35. The van der Waals surface area contributed by atoms with Crippen molar-refractivity contribution in [3.63, 3.8) is 0 Å². The monoisotopic (exact) mass is 465 g/mol. The minimum absolute atomic E-state index is 0.100. The highest BCUT2D eigenvalue weighted by atomic mass is 32.1. The number of carbonyl (C=O) groups is 1. The molecule has 1 aromatic carbocycles. The van der Waals surface area contributed by atoms with Gasteiger partial charge in [0.25, 0.3) is 5.56 Å². The van der Waals surface area contributed by atoms with Gasteiger partial charge in [-0.05, 0) is 69.4 Å². The molecule has 3 aromatic heterocycles. The summed E-state index contributed by atoms with van der Waals surface area (Å²) in [5, 5.41) is 4.60. The van der Waals surface area contributed by atoms with E-state index in [2.05, 4.69) is 15.1 Å². The zero-order valence-electron chi connectivity index (χ0n) is 18.4. The van der Waals surface area contributed by atoms with Gasteiger partial charge in [0, 0.05) is 4.88 Å². The van der Waals surface area contributed by atoms with E-state index < -0.39 is 5.97 Å². The van der Waals surface area contributed by atoms with E-state index in [9.17, 15) is 9.59 Å². The van der Waals surface area contributed by atoms with E-state index in [4.69, 9.17) is 14.0 Å². The standard InChI is InChI=1S/C24H23N3O5S/c1-13-18(14(2)32-27-13)11-30-16-9-7-15(8-10-16)24(29)31-12-20-25-22(28)21-17-5-3-4-6-19(17)33-23(21)26-20/h7-10H,3-6,11-12H2,1-2H3,(H,25,26,28). The van der Waals surface area contributed by atoms with Crippen molar-refractivity contribution in [3.8, 4) is 5.75 Å². The van der Waals surface area contributed by atoms with Crippen molar-refractivity contribution in [2.45, 2.75) is 52.7 Å². The molecule has 0 spiro atoms. The number of ether oxygens (including phenoxy) is 2. The van der Waals surface area contributed by atoms with Crippen LogP contribution >= 0.6 is 11.3 Å². The second kappa shape index (κ2) is 8.82. The summed E-state index contributed by atoms with van der Waals surface area (Å²) in [6, 6.07) is 6.68. The fourth-order valence-corrected chi connectivity index (χ4v) is 5.33. The van der Waals surface area contributed by atoms with E-state index in [1.807, 2.05) is 13.8 Å². The summed E-state index contributed by atoms with van der Waals surface area (Å²) in [5.41, 5.74) is 3.05. The van der Waals surface area contributed by atoms with Crippen molar-refractivity contribution >= 4 is 27.5 Å². The number of carbonyl (C=O) groups excluding carboxylic acids is 1. The molecule has 4 aromatic rings. The number of benzene rings is 1. The minimum atomic E-state index is -0.500. The third kappa shape index (κ3) is 4.28. The number of aromatic amines is 1. The van der Waals surface area contributed by atoms with E-state index in [-0.39, 0.29) is 12.2 Å². The SMILES string of the molecule is Cc1noc(C)c1COc1ccc(C(=O)OCc2nc3sc4c(c3c(=O)[nH]2)CCCC4)cc1. The second-order valence-electron chi connectivity index (χ2n) is 8.10. The first kappa shape index (κ1) is 21.4. The van der Waals surface area contributed by atoms with E-state index in [0.29, 0.717) is 29.1 Å². The van der Waals surface area contributed by atoms with Crippen LogP contribution in [0.5, 0.6) is 5.75 Å². The lowest BCUT2D eigenvalue weighted by molar-refractivity contribution is 0.0462. The normalized spacial score (nSPS) is 13.2. The van der Waals surface area contributed by atoms with Crippen LogP contribution in [0.25, 0.3) is 10.2 Å². The number of aryl methyl sites for hydroxylation is 4. The predicted molar refractivity (Wildman–Crippen MR) is 123 cm³/mol. The number of hydrogen-bond acceptors (Lipinski definition) is 8. The van der Waals surface area contributed by atoms with Crippen molar-refractivity contribution in [1.29, 1.82) is 0 Å². The fraction of sp³-hybridized carbons (Fsp3) is 0.333. The third-order valence-electron chi connectivity index (χ3n) is 5.87. The summed E-state index contributed by atoms with van der Waals surface area (Å²) in [5.74, 6) is 1.18. The molecular weight excluding hydrogens is 442 g/mol. The lowest BCUT2D eigenvalue weighted by Gasteiger charge is -2.09. The Kier molecular flexibility index (Phi) is 5.72. The molecule has 170 valence electrons. The molecule has 0 bridgehead atoms. The Bertz CT molecular complexity index is 1360. The van der Waals surface area contributed by atoms with Crippen LogP contribution in [0.2, 0.25) is 0 Å². The second-order valence-corrected chi connectivity index (χ2v) is 9.18. The Hall–Kier alpha value is -3.46. The number of aromatic nitrogens is 3. The van der Waals surface area contributed by atoms with Crippen LogP contribution < -0.4 is 10.3 Å². The number of H-pyrrole nitrogens is 1. The quantitative estimate of drug-likeness (QED) is 0.420. The minimum Gasteiger partial charge on any atom is -0.489 e. The van der Waals surface area contributed by atoms with E-state index in [1.54, 1.807) is 35.6 Å². The molecule has 0 saturated carbocycles. The van der Waals surface area contributed by atoms with Crippen LogP contribution in [0.4, 0.5) is 0 Å². The van der Waals surface area contributed by atoms with Crippen molar-refractivity contribution < 1.29 is 18.8 Å². The van der Waals surface area contributed by atoms with Gasteiger partial charge in [-0.2, -0.15) is 0 Å². The molecule has 1 aliphatic rings. The van der Waals surface area contributed by atoms with Gasteiger partial charge in [-0.15, -0.1) is 11.3 Å². The molecule has 0 unspecified atom stereocenters. The van der Waals surface area contributed by atoms with Crippen LogP contribution in [-0.4, -0.2) is 21.1 Å². The molecule has 0 aliphatic heterocycles. The highest BCUT2D eigenvalue weighted by molar-refractivity contribution is 7.18. The predicted octanol–water partition coefficient (Wildman–Crippen LogP) is 4.40. The molecular formula is C24H23N3O5S. The van der Waals surface area contributed by atoms with Crippen molar-refractivity contribution in [2.24, 2.45) is 0 Å². The van der Waals surface area contributed by atoms with Crippen molar-refractivity contribution in [3.05, 3.63) is 73.5 Å². The summed E-state index contributed by atoms with van der Waals surface area (Å²) in [6.45, 7) is 3.93. The van der Waals surface area contributed by atoms with Crippen molar-refractivity contribution in [1.82, 2.24) is 15.1 Å². The Balaban J connectivity index is 1.23. The smallest absolute Gasteiger partial charge is 0.338 e. The molecule has 3 heterocycles. The maximum Gasteiger partial charge on any atom is 0.338 e. The fourth-order valence-electron chi connectivity index (χ4n) is 4.04. The summed E-state index contributed by atoms with van der Waals surface area (Å²) < 4.78 is 16.3. The first-order valence-corrected chi connectivity index (χ1v) is 11.7. The van der Waals surface area contributed by atoms with E-state index >= 15 is 0 Å². The highest BCUT2D eigenvalue weighted by Crippen LogP contribution is 2.33. The number of fused-ring (bicyclic) bond motifs is 3. The molecule has 8 nitrogen and oxygen atoms in total. The number of nitrogens with zero attached hydrogens (tertiary/aromatic N) is 2. The van der Waals surface area contributed by atoms with Crippen LogP contribution in [-0.2, 0) is 30.8 Å². The Morgan fingerprint density at radius 3 is 2.70 bits per heavy atom. The van der Waals surface area contributed by atoms with Gasteiger partial charge < -0.3 is 19.0 Å². The Morgan fingerprint density at radius 2 is 1.94 bits per heavy atom. The first-order valence-electron chi connectivity index (χ1n) is 10.8. The van der Waals surface area contributed by atoms with Gasteiger partial charge in [-0.25, -0.2) is 9.78 Å². The molecule has 0 atom stereocenters.